The van der Waals surface area contributed by atoms with Gasteiger partial charge in [0.25, 0.3) is 0 Å². The molecule has 0 aliphatic carbocycles. The molecule has 70 valence electrons. The Morgan fingerprint density at radius 2 is 2.15 bits per heavy atom. The van der Waals surface area contributed by atoms with Crippen molar-refractivity contribution in [1.82, 2.24) is 0 Å². The molecule has 0 heterocycles. The van der Waals surface area contributed by atoms with Crippen LogP contribution in [-0.2, 0) is 5.75 Å². The maximum Gasteiger partial charge on any atom is 0.191 e. The van der Waals surface area contributed by atoms with Gasteiger partial charge in [0, 0.05) is 5.75 Å². The van der Waals surface area contributed by atoms with Gasteiger partial charge in [-0.25, -0.2) is 4.99 Å². The monoisotopic (exact) mass is 215 g/mol. The largest absolute Gasteiger partial charge is 0.370 e. The molecule has 1 aromatic carbocycles. The molecule has 1 rings (SSSR count). The lowest BCUT2D eigenvalue weighted by atomic mass is 10.2. The Morgan fingerprint density at radius 1 is 1.46 bits per heavy atom. The number of guanidine groups is 1. The van der Waals surface area contributed by atoms with Crippen molar-refractivity contribution >= 4 is 35.9 Å². The third kappa shape index (κ3) is 2.82. The van der Waals surface area contributed by atoms with Crippen LogP contribution >= 0.6 is 24.2 Å². The number of rotatable bonds is 2. The molecular formula is C8H10ClN3S. The second-order valence-electron chi connectivity index (χ2n) is 2.48. The predicted molar refractivity (Wildman–Crippen MR) is 59.6 cm³/mol. The number of benzene rings is 1. The summed E-state index contributed by atoms with van der Waals surface area (Å²) in [7, 11) is 0. The first-order chi connectivity index (χ1) is 6.13. The number of nitrogens with zero attached hydrogens (tertiary/aromatic N) is 1. The summed E-state index contributed by atoms with van der Waals surface area (Å²) in [6.07, 6.45) is 0. The Labute approximate surface area is 87.2 Å². The highest BCUT2D eigenvalue weighted by molar-refractivity contribution is 7.79. The van der Waals surface area contributed by atoms with Gasteiger partial charge in [-0.1, -0.05) is 17.7 Å². The zero-order chi connectivity index (χ0) is 9.84. The van der Waals surface area contributed by atoms with E-state index in [-0.39, 0.29) is 5.96 Å². The Kier molecular flexibility index (Phi) is 3.45. The summed E-state index contributed by atoms with van der Waals surface area (Å²) in [6.45, 7) is 0. The number of thiol groups is 1. The van der Waals surface area contributed by atoms with Gasteiger partial charge < -0.3 is 11.5 Å². The van der Waals surface area contributed by atoms with E-state index in [9.17, 15) is 0 Å². The lowest BCUT2D eigenvalue weighted by Gasteiger charge is -2.01. The van der Waals surface area contributed by atoms with Crippen LogP contribution in [0.5, 0.6) is 0 Å². The molecule has 13 heavy (non-hydrogen) atoms. The molecule has 4 N–H and O–H groups in total. The van der Waals surface area contributed by atoms with Crippen molar-refractivity contribution in [3.63, 3.8) is 0 Å². The normalized spacial score (nSPS) is 9.69. The fourth-order valence-electron chi connectivity index (χ4n) is 0.881. The molecule has 0 saturated heterocycles. The highest BCUT2D eigenvalue weighted by atomic mass is 35.5. The first kappa shape index (κ1) is 10.2. The number of nitrogens with two attached hydrogens (primary N) is 2. The van der Waals surface area contributed by atoms with Gasteiger partial charge in [-0.15, -0.1) is 0 Å². The van der Waals surface area contributed by atoms with E-state index in [0.717, 1.165) is 5.56 Å². The van der Waals surface area contributed by atoms with Crippen molar-refractivity contribution in [2.24, 2.45) is 16.5 Å². The first-order valence-electron chi connectivity index (χ1n) is 3.62. The Hall–Kier alpha value is -0.870. The molecule has 0 spiro atoms. The summed E-state index contributed by atoms with van der Waals surface area (Å²) in [5.41, 5.74) is 12.1. The minimum Gasteiger partial charge on any atom is -0.370 e. The van der Waals surface area contributed by atoms with Crippen LogP contribution in [0.25, 0.3) is 0 Å². The van der Waals surface area contributed by atoms with E-state index in [2.05, 4.69) is 17.6 Å². The average molecular weight is 216 g/mol. The van der Waals surface area contributed by atoms with E-state index in [1.165, 1.54) is 0 Å². The van der Waals surface area contributed by atoms with E-state index in [0.29, 0.717) is 16.5 Å². The van der Waals surface area contributed by atoms with E-state index >= 15 is 0 Å². The van der Waals surface area contributed by atoms with Gasteiger partial charge in [0.2, 0.25) is 0 Å². The second kappa shape index (κ2) is 4.39. The molecule has 0 atom stereocenters. The maximum atomic E-state index is 5.85. The fraction of sp³-hybridized carbons (Fsp3) is 0.125. The molecule has 0 saturated carbocycles. The molecule has 0 amide bonds. The quantitative estimate of drug-likeness (QED) is 0.399. The molecule has 0 unspecified atom stereocenters. The summed E-state index contributed by atoms with van der Waals surface area (Å²) >= 11 is 9.98. The van der Waals surface area contributed by atoms with E-state index < -0.39 is 0 Å². The summed E-state index contributed by atoms with van der Waals surface area (Å²) < 4.78 is 0. The summed E-state index contributed by atoms with van der Waals surface area (Å²) in [4.78, 5) is 3.87. The molecule has 0 bridgehead atoms. The van der Waals surface area contributed by atoms with Crippen LogP contribution < -0.4 is 11.5 Å². The topological polar surface area (TPSA) is 64.4 Å². The van der Waals surface area contributed by atoms with Crippen LogP contribution in [0.15, 0.2) is 23.2 Å². The standard InChI is InChI=1S/C8H10ClN3S/c9-6-2-1-5(4-13)3-7(6)12-8(10)11/h1-3,13H,4H2,(H4,10,11,12). The summed E-state index contributed by atoms with van der Waals surface area (Å²) in [6, 6.07) is 5.42. The molecule has 0 aromatic heterocycles. The van der Waals surface area contributed by atoms with Crippen molar-refractivity contribution in [3.8, 4) is 0 Å². The van der Waals surface area contributed by atoms with Gasteiger partial charge in [0.05, 0.1) is 10.7 Å². The summed E-state index contributed by atoms with van der Waals surface area (Å²) in [5.74, 6) is 0.627. The minimum atomic E-state index is -0.00165. The highest BCUT2D eigenvalue weighted by Gasteiger charge is 1.99. The van der Waals surface area contributed by atoms with Crippen molar-refractivity contribution in [2.75, 3.05) is 0 Å². The van der Waals surface area contributed by atoms with Crippen LogP contribution in [-0.4, -0.2) is 5.96 Å². The molecular weight excluding hydrogens is 206 g/mol. The van der Waals surface area contributed by atoms with Crippen LogP contribution in [0.2, 0.25) is 5.02 Å². The van der Waals surface area contributed by atoms with Gasteiger partial charge in [-0.2, -0.15) is 12.6 Å². The zero-order valence-corrected chi connectivity index (χ0v) is 8.52. The molecule has 0 fully saturated rings. The average Bonchev–Trinajstić information content (AvgIpc) is 2.08. The van der Waals surface area contributed by atoms with Crippen LogP contribution in [0, 0.1) is 0 Å². The van der Waals surface area contributed by atoms with Crippen molar-refractivity contribution < 1.29 is 0 Å². The highest BCUT2D eigenvalue weighted by Crippen LogP contribution is 2.26. The molecule has 5 heteroatoms. The Bertz CT molecular complexity index is 334. The van der Waals surface area contributed by atoms with Gasteiger partial charge in [0.15, 0.2) is 5.96 Å². The first-order valence-corrected chi connectivity index (χ1v) is 4.63. The van der Waals surface area contributed by atoms with Crippen molar-refractivity contribution in [1.29, 1.82) is 0 Å². The minimum absolute atomic E-state index is 0.00165. The van der Waals surface area contributed by atoms with Crippen LogP contribution in [0.1, 0.15) is 5.56 Å². The Balaban J connectivity index is 3.11. The van der Waals surface area contributed by atoms with E-state index in [1.807, 2.05) is 6.07 Å². The zero-order valence-electron chi connectivity index (χ0n) is 6.87. The van der Waals surface area contributed by atoms with Gasteiger partial charge in [-0.3, -0.25) is 0 Å². The van der Waals surface area contributed by atoms with Gasteiger partial charge in [-0.05, 0) is 17.7 Å². The third-order valence-electron chi connectivity index (χ3n) is 1.44. The van der Waals surface area contributed by atoms with Crippen molar-refractivity contribution in [3.05, 3.63) is 28.8 Å². The van der Waals surface area contributed by atoms with Gasteiger partial charge in [0.1, 0.15) is 0 Å². The van der Waals surface area contributed by atoms with E-state index in [4.69, 9.17) is 23.1 Å². The van der Waals surface area contributed by atoms with Crippen LogP contribution in [0.3, 0.4) is 0 Å². The lowest BCUT2D eigenvalue weighted by Crippen LogP contribution is -2.21. The third-order valence-corrected chi connectivity index (χ3v) is 2.13. The number of halogens is 1. The fourth-order valence-corrected chi connectivity index (χ4v) is 1.24. The van der Waals surface area contributed by atoms with Gasteiger partial charge >= 0.3 is 0 Å². The SMILES string of the molecule is NC(N)=Nc1cc(CS)ccc1Cl. The molecule has 0 radical (unpaired) electrons. The Morgan fingerprint density at radius 3 is 2.69 bits per heavy atom. The molecule has 0 aliphatic heterocycles. The van der Waals surface area contributed by atoms with Crippen molar-refractivity contribution in [2.45, 2.75) is 5.75 Å². The molecule has 0 aliphatic rings. The smallest absolute Gasteiger partial charge is 0.191 e. The summed E-state index contributed by atoms with van der Waals surface area (Å²) in [5, 5.41) is 0.527. The van der Waals surface area contributed by atoms with E-state index in [1.54, 1.807) is 12.1 Å². The maximum absolute atomic E-state index is 5.85. The molecule has 3 nitrogen and oxygen atoms in total. The second-order valence-corrected chi connectivity index (χ2v) is 3.20. The predicted octanol–water partition coefficient (Wildman–Crippen LogP) is 1.67. The lowest BCUT2D eigenvalue weighted by molar-refractivity contribution is 1.37. The number of hydrogen-bond acceptors (Lipinski definition) is 2. The number of aliphatic imine (C=N–C) groups is 1. The number of hydrogen-bond donors (Lipinski definition) is 3. The van der Waals surface area contributed by atoms with Crippen LogP contribution in [0.4, 0.5) is 5.69 Å². The molecule has 1 aromatic rings.